The number of benzene rings is 3. The molecule has 1 unspecified atom stereocenters. The zero-order valence-electron chi connectivity index (χ0n) is 20.7. The first-order valence-corrected chi connectivity index (χ1v) is 13.7. The maximum atomic E-state index is 13.0. The normalized spacial score (nSPS) is 18.9. The Labute approximate surface area is 227 Å². The van der Waals surface area contributed by atoms with Gasteiger partial charge in [-0.15, -0.1) is 0 Å². The summed E-state index contributed by atoms with van der Waals surface area (Å²) in [4.78, 5) is 22.6. The van der Waals surface area contributed by atoms with Crippen LogP contribution in [-0.4, -0.2) is 53.9 Å². The van der Waals surface area contributed by atoms with Gasteiger partial charge in [0.2, 0.25) is 0 Å². The second kappa shape index (κ2) is 10.1. The van der Waals surface area contributed by atoms with Gasteiger partial charge in [-0.25, -0.2) is 0 Å². The number of nitrogens with one attached hydrogen (secondary N) is 1. The average molecular weight is 549 g/mol. The van der Waals surface area contributed by atoms with E-state index in [4.69, 9.17) is 4.98 Å². The quantitative estimate of drug-likeness (QED) is 0.361. The van der Waals surface area contributed by atoms with Crippen molar-refractivity contribution in [2.45, 2.75) is 12.8 Å². The zero-order valence-corrected chi connectivity index (χ0v) is 22.6. The van der Waals surface area contributed by atoms with Gasteiger partial charge in [-0.3, -0.25) is 0 Å². The monoisotopic (exact) mass is 548 g/mol. The van der Waals surface area contributed by atoms with Crippen LogP contribution >= 0.6 is 0 Å². The van der Waals surface area contributed by atoms with Crippen LogP contribution in [0.15, 0.2) is 97.2 Å². The van der Waals surface area contributed by atoms with E-state index in [2.05, 4.69) is 80.5 Å². The molecule has 0 saturated carbocycles. The van der Waals surface area contributed by atoms with Crippen molar-refractivity contribution in [2.75, 3.05) is 41.3 Å². The Kier molecular flexibility index (Phi) is 6.48. The predicted molar refractivity (Wildman–Crippen MR) is 152 cm³/mol. The van der Waals surface area contributed by atoms with Crippen LogP contribution in [0.5, 0.6) is 0 Å². The first kappa shape index (κ1) is 23.8. The van der Waals surface area contributed by atoms with Gasteiger partial charge >= 0.3 is 180 Å². The van der Waals surface area contributed by atoms with Gasteiger partial charge in [-0.1, -0.05) is 18.2 Å². The molecule has 2 aliphatic rings. The SMILES string of the molecule is O=C(Nc1cc(-c2ccccc2)ccc1[As])c1ccc(N2CCC3(CCN(c4ccccc4)C3)C2)nc1. The summed E-state index contributed by atoms with van der Waals surface area (Å²) in [5, 5.41) is 3.07. The van der Waals surface area contributed by atoms with Crippen LogP contribution in [0.4, 0.5) is 17.2 Å². The Morgan fingerprint density at radius 2 is 1.51 bits per heavy atom. The molecule has 1 N–H and O–H groups in total. The van der Waals surface area contributed by atoms with E-state index in [0.717, 1.165) is 53.2 Å². The molecule has 2 saturated heterocycles. The van der Waals surface area contributed by atoms with Gasteiger partial charge in [0.1, 0.15) is 0 Å². The number of nitrogens with zero attached hydrogens (tertiary/aromatic N) is 3. The third kappa shape index (κ3) is 5.01. The van der Waals surface area contributed by atoms with Crippen molar-refractivity contribution in [1.29, 1.82) is 0 Å². The van der Waals surface area contributed by atoms with Crippen LogP contribution in [0, 0.1) is 5.41 Å². The van der Waals surface area contributed by atoms with E-state index in [-0.39, 0.29) is 5.91 Å². The van der Waals surface area contributed by atoms with E-state index in [1.54, 1.807) is 6.20 Å². The summed E-state index contributed by atoms with van der Waals surface area (Å²) >= 11 is 2.53. The van der Waals surface area contributed by atoms with Crippen molar-refractivity contribution in [2.24, 2.45) is 5.41 Å². The first-order chi connectivity index (χ1) is 18.1. The number of rotatable bonds is 5. The number of amides is 1. The molecule has 184 valence electrons. The fraction of sp³-hybridized carbons (Fsp3) is 0.226. The van der Waals surface area contributed by atoms with Gasteiger partial charge in [0, 0.05) is 12.2 Å². The number of anilines is 3. The van der Waals surface area contributed by atoms with Crippen LogP contribution in [0.1, 0.15) is 23.2 Å². The van der Waals surface area contributed by atoms with Crippen LogP contribution in [0.2, 0.25) is 0 Å². The minimum atomic E-state index is -0.149. The molecule has 2 fully saturated rings. The van der Waals surface area contributed by atoms with Crippen molar-refractivity contribution in [3.63, 3.8) is 0 Å². The van der Waals surface area contributed by atoms with Gasteiger partial charge in [-0.05, 0) is 12.1 Å². The fourth-order valence-electron chi connectivity index (χ4n) is 5.61. The van der Waals surface area contributed by atoms with E-state index >= 15 is 0 Å². The fourth-order valence-corrected chi connectivity index (χ4v) is 6.02. The molecule has 0 bridgehead atoms. The molecule has 0 aliphatic carbocycles. The van der Waals surface area contributed by atoms with Crippen molar-refractivity contribution < 1.29 is 4.79 Å². The molecule has 37 heavy (non-hydrogen) atoms. The molecule has 3 aromatic carbocycles. The molecule has 1 spiro atoms. The van der Waals surface area contributed by atoms with Gasteiger partial charge in [0.15, 0.2) is 0 Å². The third-order valence-electron chi connectivity index (χ3n) is 7.68. The summed E-state index contributed by atoms with van der Waals surface area (Å²) in [6.45, 7) is 4.21. The molecule has 2 radical (unpaired) electrons. The molecular weight excluding hydrogens is 519 g/mol. The summed E-state index contributed by atoms with van der Waals surface area (Å²) in [5.41, 5.74) is 5.17. The Bertz CT molecular complexity index is 1390. The van der Waals surface area contributed by atoms with Gasteiger partial charge in [0.05, 0.1) is 0 Å². The zero-order chi connectivity index (χ0) is 25.2. The number of aromatic nitrogens is 1. The first-order valence-electron chi connectivity index (χ1n) is 12.8. The Hall–Kier alpha value is -3.56. The topological polar surface area (TPSA) is 48.5 Å². The number of pyridine rings is 1. The van der Waals surface area contributed by atoms with Crippen LogP contribution in [-0.2, 0) is 0 Å². The summed E-state index contributed by atoms with van der Waals surface area (Å²) in [6.07, 6.45) is 4.08. The van der Waals surface area contributed by atoms with E-state index in [1.165, 1.54) is 18.5 Å². The molecular formula is C31H29AsN4O. The number of hydrogen-bond donors (Lipinski definition) is 1. The Morgan fingerprint density at radius 1 is 0.811 bits per heavy atom. The molecule has 3 heterocycles. The number of para-hydroxylation sites is 1. The molecule has 2 aliphatic heterocycles. The van der Waals surface area contributed by atoms with E-state index in [0.29, 0.717) is 11.0 Å². The van der Waals surface area contributed by atoms with E-state index in [9.17, 15) is 4.79 Å². The molecule has 1 amide bonds. The van der Waals surface area contributed by atoms with Crippen molar-refractivity contribution in [1.82, 2.24) is 4.98 Å². The van der Waals surface area contributed by atoms with Crippen molar-refractivity contribution >= 4 is 44.3 Å². The predicted octanol–water partition coefficient (Wildman–Crippen LogP) is 4.90. The van der Waals surface area contributed by atoms with Crippen molar-refractivity contribution in [3.05, 3.63) is 103 Å². The summed E-state index contributed by atoms with van der Waals surface area (Å²) in [6, 6.07) is 30.9. The van der Waals surface area contributed by atoms with Crippen LogP contribution in [0.3, 0.4) is 0 Å². The summed E-state index contributed by atoms with van der Waals surface area (Å²) in [7, 11) is 0. The number of carbonyl (C=O) groups is 1. The molecule has 5 nitrogen and oxygen atoms in total. The Morgan fingerprint density at radius 3 is 2.24 bits per heavy atom. The standard InChI is InChI=1S/C31H29AsN4O/c32-27-13-11-24(23-7-3-1-4-8-23)19-28(27)34-30(37)25-12-14-29(33-20-25)36-18-16-31(22-36)15-17-35(21-31)26-9-5-2-6-10-26/h1-14,19-20H,15-18,21-22H2,(H,34,37). The molecule has 1 aromatic heterocycles. The van der Waals surface area contributed by atoms with Gasteiger partial charge < -0.3 is 4.90 Å². The molecule has 6 heteroatoms. The maximum absolute atomic E-state index is 13.0. The van der Waals surface area contributed by atoms with Gasteiger partial charge in [-0.2, -0.15) is 0 Å². The van der Waals surface area contributed by atoms with Crippen LogP contribution < -0.4 is 19.5 Å². The van der Waals surface area contributed by atoms with E-state index < -0.39 is 0 Å². The average Bonchev–Trinajstić information content (AvgIpc) is 3.57. The van der Waals surface area contributed by atoms with Gasteiger partial charge in [0.25, 0.3) is 0 Å². The second-order valence-corrected chi connectivity index (χ2v) is 11.1. The minimum absolute atomic E-state index is 0.149. The van der Waals surface area contributed by atoms with Crippen molar-refractivity contribution in [3.8, 4) is 11.1 Å². The number of carbonyl (C=O) groups excluding carboxylic acids is 1. The van der Waals surface area contributed by atoms with Crippen LogP contribution in [0.25, 0.3) is 11.1 Å². The molecule has 4 aromatic rings. The number of hydrogen-bond acceptors (Lipinski definition) is 4. The molecule has 6 rings (SSSR count). The molecule has 1 atom stereocenters. The third-order valence-corrected chi connectivity index (χ3v) is 8.50. The Balaban J connectivity index is 1.11. The summed E-state index contributed by atoms with van der Waals surface area (Å²) in [5.74, 6) is 0.800. The second-order valence-electron chi connectivity index (χ2n) is 10.1. The van der Waals surface area contributed by atoms with E-state index in [1.807, 2.05) is 42.5 Å². The summed E-state index contributed by atoms with van der Waals surface area (Å²) < 4.78 is 0.966.